The SMILES string of the molecule is C[C@]1(O)[C@H](O)[C@@H](CO)O[C@H]1N1C=CC(=O)CC1=O.C[C@]1(O)[C@H](OC(=O)C(F)(F)F)[C@@H](COC(=O)C(F)(F)F)O[C@H]1N1C=CC(=O)CC1=O. The Hall–Kier alpha value is -3.96. The molecule has 2 fully saturated rings. The third-order valence-electron chi connectivity index (χ3n) is 7.30. The molecule has 8 atom stereocenters. The summed E-state index contributed by atoms with van der Waals surface area (Å²) in [5, 5.41) is 39.6. The second kappa shape index (κ2) is 13.9. The molecule has 0 spiro atoms. The molecule has 48 heavy (non-hydrogen) atoms. The van der Waals surface area contributed by atoms with E-state index in [1.54, 1.807) is 0 Å². The van der Waals surface area contributed by atoms with Gasteiger partial charge < -0.3 is 39.4 Å². The van der Waals surface area contributed by atoms with Gasteiger partial charge in [0.1, 0.15) is 36.1 Å². The van der Waals surface area contributed by atoms with E-state index in [2.05, 4.69) is 9.47 Å². The number of hydrogen-bond donors (Lipinski definition) is 4. The fourth-order valence-corrected chi connectivity index (χ4v) is 4.88. The van der Waals surface area contributed by atoms with Crippen molar-refractivity contribution in [3.63, 3.8) is 0 Å². The molecule has 0 aromatic carbocycles. The minimum absolute atomic E-state index is 0.299. The predicted octanol–water partition coefficient (Wildman–Crippen LogP) is -1.51. The summed E-state index contributed by atoms with van der Waals surface area (Å²) >= 11 is 0. The van der Waals surface area contributed by atoms with Crippen LogP contribution in [0.2, 0.25) is 0 Å². The Bertz CT molecular complexity index is 1380. The fraction of sp³-hybridized carbons (Fsp3) is 0.615. The maximum Gasteiger partial charge on any atom is 0.490 e. The zero-order chi connectivity index (χ0) is 36.6. The van der Waals surface area contributed by atoms with Gasteiger partial charge in [-0.3, -0.25) is 29.0 Å². The first-order valence-corrected chi connectivity index (χ1v) is 13.5. The molecule has 4 aliphatic heterocycles. The highest BCUT2D eigenvalue weighted by Crippen LogP contribution is 2.38. The fourth-order valence-electron chi connectivity index (χ4n) is 4.88. The van der Waals surface area contributed by atoms with Gasteiger partial charge in [0.15, 0.2) is 30.1 Å². The van der Waals surface area contributed by atoms with Gasteiger partial charge >= 0.3 is 24.3 Å². The van der Waals surface area contributed by atoms with Gasteiger partial charge in [0.05, 0.1) is 19.4 Å². The van der Waals surface area contributed by atoms with Crippen LogP contribution in [0.1, 0.15) is 26.7 Å². The summed E-state index contributed by atoms with van der Waals surface area (Å²) in [6.07, 6.45) is -17.4. The topological polar surface area (TPSA) is 227 Å². The highest BCUT2D eigenvalue weighted by atomic mass is 19.4. The molecule has 0 aliphatic carbocycles. The number of esters is 2. The highest BCUT2D eigenvalue weighted by Gasteiger charge is 2.60. The highest BCUT2D eigenvalue weighted by molar-refractivity contribution is 6.07. The van der Waals surface area contributed by atoms with Gasteiger partial charge in [0.25, 0.3) is 0 Å². The summed E-state index contributed by atoms with van der Waals surface area (Å²) in [4.78, 5) is 69.8. The van der Waals surface area contributed by atoms with Crippen molar-refractivity contribution in [3.05, 3.63) is 24.6 Å². The Morgan fingerprint density at radius 3 is 1.67 bits per heavy atom. The third-order valence-corrected chi connectivity index (χ3v) is 7.30. The second-order valence-electron chi connectivity index (χ2n) is 11.1. The largest absolute Gasteiger partial charge is 0.490 e. The number of aliphatic hydroxyl groups is 4. The molecular formula is C26H28F6N2O14. The van der Waals surface area contributed by atoms with Crippen molar-refractivity contribution in [1.29, 1.82) is 0 Å². The van der Waals surface area contributed by atoms with Crippen LogP contribution in [-0.2, 0) is 47.7 Å². The molecule has 0 radical (unpaired) electrons. The van der Waals surface area contributed by atoms with E-state index in [1.807, 2.05) is 0 Å². The van der Waals surface area contributed by atoms with E-state index in [9.17, 15) is 70.4 Å². The van der Waals surface area contributed by atoms with Gasteiger partial charge in [-0.25, -0.2) is 9.59 Å². The molecular weight excluding hydrogens is 678 g/mol. The van der Waals surface area contributed by atoms with Crippen LogP contribution in [0, 0.1) is 0 Å². The average molecular weight is 706 g/mol. The monoisotopic (exact) mass is 706 g/mol. The number of aliphatic hydroxyl groups excluding tert-OH is 2. The Morgan fingerprint density at radius 1 is 0.833 bits per heavy atom. The quantitative estimate of drug-likeness (QED) is 0.140. The number of carbonyl (C=O) groups excluding carboxylic acids is 6. The van der Waals surface area contributed by atoms with Crippen molar-refractivity contribution >= 4 is 35.3 Å². The number of halogens is 6. The van der Waals surface area contributed by atoms with Gasteiger partial charge in [-0.2, -0.15) is 26.3 Å². The second-order valence-corrected chi connectivity index (χ2v) is 11.1. The summed E-state index contributed by atoms with van der Waals surface area (Å²) < 4.78 is 93.1. The average Bonchev–Trinajstić information content (AvgIpc) is 3.34. The number of amides is 2. The van der Waals surface area contributed by atoms with Gasteiger partial charge in [0, 0.05) is 12.4 Å². The third kappa shape index (κ3) is 8.18. The number of allylic oxidation sites excluding steroid dienone is 2. The molecule has 4 heterocycles. The summed E-state index contributed by atoms with van der Waals surface area (Å²) in [5.74, 6) is -7.95. The number of alkyl halides is 6. The predicted molar refractivity (Wildman–Crippen MR) is 136 cm³/mol. The van der Waals surface area contributed by atoms with Crippen LogP contribution >= 0.6 is 0 Å². The molecule has 268 valence electrons. The summed E-state index contributed by atoms with van der Waals surface area (Å²) in [6.45, 7) is 0.259. The zero-order valence-corrected chi connectivity index (χ0v) is 24.6. The zero-order valence-electron chi connectivity index (χ0n) is 24.6. The van der Waals surface area contributed by atoms with Gasteiger partial charge in [-0.15, -0.1) is 0 Å². The van der Waals surface area contributed by atoms with Crippen molar-refractivity contribution < 1.29 is 94.5 Å². The number of nitrogens with zero attached hydrogens (tertiary/aromatic N) is 2. The molecule has 2 amide bonds. The molecule has 0 unspecified atom stereocenters. The number of hydrogen-bond acceptors (Lipinski definition) is 14. The van der Waals surface area contributed by atoms with Crippen molar-refractivity contribution in [2.75, 3.05) is 13.2 Å². The van der Waals surface area contributed by atoms with Gasteiger partial charge in [-0.05, 0) is 26.0 Å². The first-order chi connectivity index (χ1) is 21.9. The van der Waals surface area contributed by atoms with Crippen LogP contribution in [-0.4, -0.2) is 139 Å². The maximum atomic E-state index is 12.6. The van der Waals surface area contributed by atoms with E-state index < -0.39 is 110 Å². The van der Waals surface area contributed by atoms with E-state index in [-0.39, 0.29) is 12.2 Å². The van der Waals surface area contributed by atoms with E-state index in [0.29, 0.717) is 4.90 Å². The first-order valence-electron chi connectivity index (χ1n) is 13.5. The Kier molecular flexibility index (Phi) is 11.1. The number of ketones is 2. The van der Waals surface area contributed by atoms with Gasteiger partial charge in [0.2, 0.25) is 11.8 Å². The van der Waals surface area contributed by atoms with Crippen LogP contribution in [0.3, 0.4) is 0 Å². The molecule has 4 rings (SSSR count). The van der Waals surface area contributed by atoms with Crippen molar-refractivity contribution in [2.45, 2.75) is 87.1 Å². The molecule has 22 heteroatoms. The number of ether oxygens (including phenoxy) is 4. The van der Waals surface area contributed by atoms with Crippen LogP contribution in [0.5, 0.6) is 0 Å². The molecule has 0 aromatic heterocycles. The molecule has 2 saturated heterocycles. The molecule has 0 saturated carbocycles. The molecule has 0 bridgehead atoms. The normalized spacial score (nSPS) is 33.9. The van der Waals surface area contributed by atoms with E-state index in [1.165, 1.54) is 19.2 Å². The summed E-state index contributed by atoms with van der Waals surface area (Å²) in [6, 6.07) is 0. The van der Waals surface area contributed by atoms with Crippen LogP contribution in [0.4, 0.5) is 26.3 Å². The van der Waals surface area contributed by atoms with Crippen LogP contribution in [0.25, 0.3) is 0 Å². The smallest absolute Gasteiger partial charge is 0.456 e. The maximum absolute atomic E-state index is 12.6. The molecule has 4 N–H and O–H groups in total. The Balaban J connectivity index is 0.000000294. The lowest BCUT2D eigenvalue weighted by atomic mass is 9.95. The van der Waals surface area contributed by atoms with E-state index in [0.717, 1.165) is 24.1 Å². The molecule has 4 aliphatic rings. The Morgan fingerprint density at radius 2 is 1.27 bits per heavy atom. The van der Waals surface area contributed by atoms with Crippen LogP contribution in [0.15, 0.2) is 24.6 Å². The first kappa shape index (κ1) is 38.5. The summed E-state index contributed by atoms with van der Waals surface area (Å²) in [7, 11) is 0. The lowest BCUT2D eigenvalue weighted by molar-refractivity contribution is -0.217. The van der Waals surface area contributed by atoms with E-state index in [4.69, 9.17) is 14.6 Å². The number of rotatable bonds is 6. The standard InChI is InChI=1S/C15H13F6NO8.C11H15NO6/c1-13(27)9(30-12(26)15(19,20)21)7(5-28-11(25)14(16,17)18)29-10(13)22-3-2-6(23)4-8(22)24;1-11(17)9(16)7(5-13)18-10(11)12-3-2-6(14)4-8(12)15/h2-3,7,9-10,27H,4-5H2,1H3;2-3,7,9-10,13,16-17H,4-5H2,1H3/t7-,9-,10-,13+;7-,9-,10-,11+/m11/s1. The minimum Gasteiger partial charge on any atom is -0.456 e. The molecule has 16 nitrogen and oxygen atoms in total. The summed E-state index contributed by atoms with van der Waals surface area (Å²) in [5.41, 5.74) is -4.32. The van der Waals surface area contributed by atoms with Crippen molar-refractivity contribution in [1.82, 2.24) is 9.80 Å². The van der Waals surface area contributed by atoms with Crippen molar-refractivity contribution in [2.24, 2.45) is 0 Å². The van der Waals surface area contributed by atoms with Gasteiger partial charge in [-0.1, -0.05) is 0 Å². The lowest BCUT2D eigenvalue weighted by Crippen LogP contribution is -2.55. The van der Waals surface area contributed by atoms with E-state index >= 15 is 0 Å². The van der Waals surface area contributed by atoms with Crippen LogP contribution < -0.4 is 0 Å². The number of carbonyl (C=O) groups is 6. The minimum atomic E-state index is -5.53. The molecule has 0 aromatic rings. The Labute approximate surface area is 265 Å². The van der Waals surface area contributed by atoms with Crippen molar-refractivity contribution in [3.8, 4) is 0 Å². The lowest BCUT2D eigenvalue weighted by Gasteiger charge is -2.35.